The van der Waals surface area contributed by atoms with Gasteiger partial charge in [0, 0.05) is 59.2 Å². The molecule has 14 amide bonds. The third-order valence-electron chi connectivity index (χ3n) is 19.3. The first-order valence-electron chi connectivity index (χ1n) is 37.4. The molecule has 33 nitrogen and oxygen atoms in total. The monoisotopic (exact) mass is 1550 g/mol. The second kappa shape index (κ2) is 42.8. The highest BCUT2D eigenvalue weighted by molar-refractivity contribution is 8.00. The first-order chi connectivity index (χ1) is 53.0. The predicted molar refractivity (Wildman–Crippen MR) is 418 cm³/mol. The van der Waals surface area contributed by atoms with Gasteiger partial charge in [0.05, 0.1) is 25.3 Å². The molecule has 1 aliphatic heterocycles. The van der Waals surface area contributed by atoms with Crippen LogP contribution in [0, 0.1) is 17.8 Å². The number of unbranched alkanes of at least 4 members (excludes halogenated alkanes) is 2. The number of amides is 14. The number of nitrogens with one attached hydrogen (secondary N) is 14. The highest BCUT2D eigenvalue weighted by atomic mass is 32.2. The summed E-state index contributed by atoms with van der Waals surface area (Å²) in [4.78, 5) is 207. The fourth-order valence-corrected chi connectivity index (χ4v) is 13.6. The van der Waals surface area contributed by atoms with Crippen molar-refractivity contribution < 1.29 is 72.2 Å². The van der Waals surface area contributed by atoms with Crippen LogP contribution in [0.3, 0.4) is 0 Å². The molecule has 3 heterocycles. The first kappa shape index (κ1) is 87.3. The van der Waals surface area contributed by atoms with Crippen LogP contribution in [-0.2, 0) is 86.4 Å². The van der Waals surface area contributed by atoms with Gasteiger partial charge in [0.2, 0.25) is 82.7 Å². The Hall–Kier alpha value is -11.0. The second-order valence-electron chi connectivity index (χ2n) is 28.5. The van der Waals surface area contributed by atoms with Gasteiger partial charge in [0.15, 0.2) is 0 Å². The minimum atomic E-state index is -1.81. The normalized spacial score (nSPS) is 23.4. The number of carbonyl (C=O) groups is 14. The lowest BCUT2D eigenvalue weighted by Crippen LogP contribution is -2.62. The lowest BCUT2D eigenvalue weighted by molar-refractivity contribution is -0.137. The number of carbonyl (C=O) groups excluding carboxylic acids is 14. The number of para-hydroxylation sites is 2. The Kier molecular flexibility index (Phi) is 33.7. The van der Waals surface area contributed by atoms with Gasteiger partial charge < -0.3 is 102 Å². The smallest absolute Gasteiger partial charge is 0.245 e. The van der Waals surface area contributed by atoms with Crippen molar-refractivity contribution >= 4 is 127 Å². The summed E-state index contributed by atoms with van der Waals surface area (Å²) in [5.74, 6) is -15.9. The Morgan fingerprint density at radius 1 is 0.468 bits per heavy atom. The number of aromatic amines is 2. The Bertz CT molecular complexity index is 4280. The van der Waals surface area contributed by atoms with Gasteiger partial charge >= 0.3 is 0 Å². The Labute approximate surface area is 647 Å². The Balaban J connectivity index is 1.26. The van der Waals surface area contributed by atoms with Gasteiger partial charge in [-0.1, -0.05) is 127 Å². The molecule has 2 aromatic heterocycles. The van der Waals surface area contributed by atoms with Crippen LogP contribution in [-0.4, -0.2) is 202 Å². The summed E-state index contributed by atoms with van der Waals surface area (Å²) < 4.78 is 0. The maximum absolute atomic E-state index is 15.0. The molecule has 0 bridgehead atoms. The zero-order chi connectivity index (χ0) is 81.0. The molecular formula is C77H106N18O15S. The van der Waals surface area contributed by atoms with Crippen LogP contribution in [0.1, 0.15) is 110 Å². The number of nitrogens with two attached hydrogens (primary N) is 4. The summed E-state index contributed by atoms with van der Waals surface area (Å²) in [5, 5.41) is 45.2. The summed E-state index contributed by atoms with van der Waals surface area (Å²) in [5.41, 5.74) is 26.4. The third kappa shape index (κ3) is 25.8. The predicted octanol–water partition coefficient (Wildman–Crippen LogP) is -1.00. The second-order valence-corrected chi connectivity index (χ2v) is 29.5. The number of aliphatic hydroxyl groups excluding tert-OH is 1. The van der Waals surface area contributed by atoms with Crippen molar-refractivity contribution in [1.82, 2.24) is 73.8 Å². The van der Waals surface area contributed by atoms with Crippen LogP contribution < -0.4 is 86.7 Å². The minimum absolute atomic E-state index is 0.0362. The van der Waals surface area contributed by atoms with E-state index in [0.717, 1.165) is 22.5 Å². The van der Waals surface area contributed by atoms with Crippen molar-refractivity contribution in [2.24, 2.45) is 40.7 Å². The molecule has 0 radical (unpaired) electrons. The highest BCUT2D eigenvalue weighted by Gasteiger charge is 2.39. The van der Waals surface area contributed by atoms with Crippen LogP contribution in [0.15, 0.2) is 103 Å². The molecular weight excluding hydrogens is 1450 g/mol. The SMILES string of the molecule is CC[C@H](C)[C@@H]1NC(=O)[C@H](Cc2ccc3ccccc3c2)NC(=O)CSC[C@@H](C(N)=O)NC(=O)[C@H](C(C)C)NC(=O)[C@H](Cc2c[nH]c3ccccc23)NC(=O)[C@@H](CCCCN)NC(=O)[C@H](C(C)C)NC(=O)[C@H](Cc2c[nH]c3ccccc23)NC(=O)[C@H](CC(N)=O)NC(=O)[C@H](CCCCN)NC(=O)CNC(=O)[C@H](CO)NC1=O. The quantitative estimate of drug-likeness (QED) is 0.0362. The minimum Gasteiger partial charge on any atom is -0.394 e. The van der Waals surface area contributed by atoms with Crippen LogP contribution in [0.25, 0.3) is 32.6 Å². The summed E-state index contributed by atoms with van der Waals surface area (Å²) in [6.07, 6.45) is 3.28. The number of fused-ring (bicyclic) bond motifs is 3. The number of benzene rings is 4. The van der Waals surface area contributed by atoms with Crippen molar-refractivity contribution in [2.75, 3.05) is 37.7 Å². The molecule has 6 aromatic rings. The maximum Gasteiger partial charge on any atom is 0.245 e. The van der Waals surface area contributed by atoms with Gasteiger partial charge in [-0.2, -0.15) is 0 Å². The largest absolute Gasteiger partial charge is 0.394 e. The summed E-state index contributed by atoms with van der Waals surface area (Å²) in [6, 6.07) is 10.5. The molecule has 0 unspecified atom stereocenters. The summed E-state index contributed by atoms with van der Waals surface area (Å²) in [6.45, 7) is 8.37. The molecule has 1 aliphatic rings. The summed E-state index contributed by atoms with van der Waals surface area (Å²) in [7, 11) is 0. The van der Waals surface area contributed by atoms with Crippen LogP contribution in [0.5, 0.6) is 0 Å². The lowest BCUT2D eigenvalue weighted by Gasteiger charge is -2.29. The van der Waals surface area contributed by atoms with E-state index in [9.17, 15) is 62.6 Å². The van der Waals surface area contributed by atoms with Gasteiger partial charge in [-0.25, -0.2) is 0 Å². The molecule has 1 fully saturated rings. The molecule has 0 aliphatic carbocycles. The number of H-pyrrole nitrogens is 2. The van der Waals surface area contributed by atoms with E-state index in [2.05, 4.69) is 73.8 Å². The highest BCUT2D eigenvalue weighted by Crippen LogP contribution is 2.24. The third-order valence-corrected chi connectivity index (χ3v) is 20.3. The van der Waals surface area contributed by atoms with Crippen molar-refractivity contribution in [3.05, 3.63) is 120 Å². The number of aromatic nitrogens is 2. The van der Waals surface area contributed by atoms with Gasteiger partial charge in [0.1, 0.15) is 66.5 Å². The fraction of sp³-hybridized carbons (Fsp3) is 0.481. The van der Waals surface area contributed by atoms with Crippen molar-refractivity contribution in [3.8, 4) is 0 Å². The van der Waals surface area contributed by atoms with Gasteiger partial charge in [-0.05, 0) is 109 Å². The Morgan fingerprint density at radius 3 is 1.42 bits per heavy atom. The molecule has 1 saturated heterocycles. The Morgan fingerprint density at radius 2 is 0.910 bits per heavy atom. The fourth-order valence-electron chi connectivity index (χ4n) is 12.8. The van der Waals surface area contributed by atoms with Gasteiger partial charge in [0.25, 0.3) is 0 Å². The first-order valence-corrected chi connectivity index (χ1v) is 38.5. The average molecular weight is 1560 g/mol. The van der Waals surface area contributed by atoms with Crippen molar-refractivity contribution in [1.29, 1.82) is 0 Å². The van der Waals surface area contributed by atoms with E-state index in [0.29, 0.717) is 51.3 Å². The standard InChI is InChI=1S/C77H106N18O15S/c1-7-43(6)66-77(110)91-59(38-96)68(101)84-37-62(98)85-53(24-14-16-28-78)69(102)90-58(34-61(80)97)71(104)89-57(33-48-36-83-52-23-13-11-21-50(48)52)74(107)93-64(41(2)3)75(108)87-54(25-15-17-29-79)70(103)88-56(32-47-35-82-51-22-12-10-20-49(47)51)73(106)94-65(42(4)5)76(109)92-60(67(81)100)39-111-40-63(99)86-55(72(105)95-66)31-44-26-27-45-18-8-9-19-46(45)30-44/h8-13,18-23,26-27,30,35-36,41-43,53-60,64-66,82-83,96H,7,14-17,24-25,28-29,31-34,37-40,78-79H2,1-6H3,(H2,80,97)(H2,81,100)(H,84,101)(H,85,98)(H,86,99)(H,87,108)(H,88,103)(H,89,104)(H,90,102)(H,91,110)(H,92,109)(H,93,107)(H,94,106)(H,95,105)/t43-,53-,54+,55-,56-,57-,58-,59-,60-,64-,65-,66-/m0/s1. The van der Waals surface area contributed by atoms with E-state index in [1.54, 1.807) is 102 Å². The number of rotatable bonds is 22. The van der Waals surface area contributed by atoms with Crippen LogP contribution >= 0.6 is 11.8 Å². The molecule has 4 aromatic carbocycles. The molecule has 7 rings (SSSR count). The molecule has 0 saturated carbocycles. The molecule has 12 atom stereocenters. The molecule has 0 spiro atoms. The van der Waals surface area contributed by atoms with E-state index in [4.69, 9.17) is 22.9 Å². The molecule has 111 heavy (non-hydrogen) atoms. The van der Waals surface area contributed by atoms with Crippen LogP contribution in [0.4, 0.5) is 0 Å². The van der Waals surface area contributed by atoms with Gasteiger partial charge in [-0.15, -0.1) is 11.8 Å². The maximum atomic E-state index is 15.0. The zero-order valence-corrected chi connectivity index (χ0v) is 64.1. The number of aliphatic hydroxyl groups is 1. The van der Waals surface area contributed by atoms with E-state index in [1.807, 2.05) is 42.5 Å². The number of hydrogen-bond acceptors (Lipinski definition) is 18. The van der Waals surface area contributed by atoms with E-state index >= 15 is 9.59 Å². The van der Waals surface area contributed by atoms with Crippen LogP contribution in [0.2, 0.25) is 0 Å². The van der Waals surface area contributed by atoms with E-state index < -0.39 is 192 Å². The zero-order valence-electron chi connectivity index (χ0n) is 63.3. The summed E-state index contributed by atoms with van der Waals surface area (Å²) >= 11 is 0.873. The molecule has 600 valence electrons. The van der Waals surface area contributed by atoms with Gasteiger partial charge in [-0.3, -0.25) is 67.1 Å². The molecule has 23 N–H and O–H groups in total. The molecule has 34 heteroatoms. The van der Waals surface area contributed by atoms with Crippen molar-refractivity contribution in [2.45, 2.75) is 179 Å². The number of thioether (sulfide) groups is 1. The number of primary amides is 2. The lowest BCUT2D eigenvalue weighted by atomic mass is 9.96. The number of hydrogen-bond donors (Lipinski definition) is 19. The van der Waals surface area contributed by atoms with E-state index in [1.165, 1.54) is 0 Å². The van der Waals surface area contributed by atoms with E-state index in [-0.39, 0.29) is 70.2 Å². The average Bonchev–Trinajstić information content (AvgIpc) is 1.74. The van der Waals surface area contributed by atoms with Crippen molar-refractivity contribution in [3.63, 3.8) is 0 Å². The topological polar surface area (TPSA) is 539 Å².